The van der Waals surface area contributed by atoms with Crippen molar-refractivity contribution in [1.82, 2.24) is 9.97 Å². The van der Waals surface area contributed by atoms with E-state index in [1.165, 1.54) is 0 Å². The van der Waals surface area contributed by atoms with Crippen LogP contribution in [-0.4, -0.2) is 21.0 Å². The van der Waals surface area contributed by atoms with E-state index in [2.05, 4.69) is 20.2 Å². The topological polar surface area (TPSA) is 90.7 Å². The number of benzene rings is 3. The van der Waals surface area contributed by atoms with Crippen LogP contribution in [0.4, 0.5) is 11.6 Å². The molecule has 0 fully saturated rings. The molecule has 0 aliphatic rings. The van der Waals surface area contributed by atoms with Crippen molar-refractivity contribution in [1.29, 1.82) is 0 Å². The van der Waals surface area contributed by atoms with E-state index < -0.39 is 5.97 Å². The van der Waals surface area contributed by atoms with Crippen LogP contribution in [0.1, 0.15) is 15.9 Å². The highest BCUT2D eigenvalue weighted by atomic mass is 16.4. The van der Waals surface area contributed by atoms with Crippen molar-refractivity contribution in [2.24, 2.45) is 10.2 Å². The lowest BCUT2D eigenvalue weighted by molar-refractivity contribution is 0.0697. The SMILES string of the molecule is Cc1ccc(/N=N/c2nc(-c3ccccc3)c(-c3ccccc3)[nH]2)c(C(=O)O)c1. The number of aromatic nitrogens is 2. The summed E-state index contributed by atoms with van der Waals surface area (Å²) in [6, 6.07) is 24.7. The Hall–Kier alpha value is -4.06. The lowest BCUT2D eigenvalue weighted by atomic mass is 10.1. The molecule has 1 aromatic heterocycles. The number of nitrogens with zero attached hydrogens (tertiary/aromatic N) is 3. The van der Waals surface area contributed by atoms with Gasteiger partial charge in [-0.3, -0.25) is 0 Å². The van der Waals surface area contributed by atoms with E-state index in [9.17, 15) is 9.90 Å². The Morgan fingerprint density at radius 1 is 0.897 bits per heavy atom. The number of aromatic amines is 1. The van der Waals surface area contributed by atoms with Crippen molar-refractivity contribution in [2.75, 3.05) is 0 Å². The quantitative estimate of drug-likeness (QED) is 0.405. The molecule has 0 atom stereocenters. The zero-order valence-corrected chi connectivity index (χ0v) is 15.7. The van der Waals surface area contributed by atoms with Gasteiger partial charge in [-0.25, -0.2) is 9.78 Å². The number of carboxylic acid groups (broad SMARTS) is 1. The summed E-state index contributed by atoms with van der Waals surface area (Å²) >= 11 is 0. The molecule has 3 aromatic carbocycles. The first-order valence-corrected chi connectivity index (χ1v) is 9.08. The number of nitrogens with one attached hydrogen (secondary N) is 1. The van der Waals surface area contributed by atoms with Gasteiger partial charge in [-0.2, -0.15) is 0 Å². The molecule has 0 spiro atoms. The van der Waals surface area contributed by atoms with Crippen molar-refractivity contribution >= 4 is 17.6 Å². The fourth-order valence-electron chi connectivity index (χ4n) is 3.04. The van der Waals surface area contributed by atoms with E-state index in [0.29, 0.717) is 5.95 Å². The predicted octanol–water partition coefficient (Wildman–Crippen LogP) is 6.17. The Morgan fingerprint density at radius 3 is 2.21 bits per heavy atom. The van der Waals surface area contributed by atoms with Gasteiger partial charge in [0.1, 0.15) is 5.69 Å². The highest BCUT2D eigenvalue weighted by molar-refractivity contribution is 5.93. The summed E-state index contributed by atoms with van der Waals surface area (Å²) in [7, 11) is 0. The predicted molar refractivity (Wildman–Crippen MR) is 112 cm³/mol. The molecule has 0 saturated carbocycles. The number of H-pyrrole nitrogens is 1. The molecule has 1 heterocycles. The molecule has 0 bridgehead atoms. The van der Waals surface area contributed by atoms with Gasteiger partial charge < -0.3 is 10.1 Å². The third-order valence-electron chi connectivity index (χ3n) is 4.44. The minimum absolute atomic E-state index is 0.104. The Bertz CT molecular complexity index is 1130. The summed E-state index contributed by atoms with van der Waals surface area (Å²) in [4.78, 5) is 19.3. The first-order valence-electron chi connectivity index (χ1n) is 9.08. The molecular formula is C23H18N4O2. The lowest BCUT2D eigenvalue weighted by Crippen LogP contribution is -1.96. The summed E-state index contributed by atoms with van der Waals surface area (Å²) in [5, 5.41) is 17.7. The van der Waals surface area contributed by atoms with Gasteiger partial charge in [0.15, 0.2) is 0 Å². The third-order valence-corrected chi connectivity index (χ3v) is 4.44. The molecule has 0 radical (unpaired) electrons. The summed E-state index contributed by atoms with van der Waals surface area (Å²) < 4.78 is 0. The number of rotatable bonds is 5. The van der Waals surface area contributed by atoms with Gasteiger partial charge in [-0.1, -0.05) is 72.3 Å². The molecule has 4 rings (SSSR count). The smallest absolute Gasteiger partial charge is 0.337 e. The maximum Gasteiger partial charge on any atom is 0.337 e. The molecule has 0 unspecified atom stereocenters. The van der Waals surface area contributed by atoms with Crippen LogP contribution >= 0.6 is 0 Å². The normalized spacial score (nSPS) is 11.1. The van der Waals surface area contributed by atoms with Crippen LogP contribution in [-0.2, 0) is 0 Å². The van der Waals surface area contributed by atoms with E-state index >= 15 is 0 Å². The van der Waals surface area contributed by atoms with Gasteiger partial charge in [0.2, 0.25) is 5.95 Å². The van der Waals surface area contributed by atoms with Crippen LogP contribution in [0.3, 0.4) is 0 Å². The van der Waals surface area contributed by atoms with Crippen LogP contribution < -0.4 is 0 Å². The van der Waals surface area contributed by atoms with E-state index in [0.717, 1.165) is 28.1 Å². The van der Waals surface area contributed by atoms with Gasteiger partial charge in [0, 0.05) is 11.1 Å². The Labute approximate surface area is 167 Å². The summed E-state index contributed by atoms with van der Waals surface area (Å²) in [5.74, 6) is -0.739. The van der Waals surface area contributed by atoms with E-state index in [1.54, 1.807) is 18.2 Å². The van der Waals surface area contributed by atoms with Crippen LogP contribution in [0.5, 0.6) is 0 Å². The molecule has 142 valence electrons. The van der Waals surface area contributed by atoms with E-state index in [1.807, 2.05) is 67.6 Å². The molecule has 6 heteroatoms. The minimum Gasteiger partial charge on any atom is -0.478 e. The number of carbonyl (C=O) groups is 1. The number of hydrogen-bond donors (Lipinski definition) is 2. The Morgan fingerprint density at radius 2 is 1.55 bits per heavy atom. The zero-order valence-electron chi connectivity index (χ0n) is 15.7. The van der Waals surface area contributed by atoms with Crippen molar-refractivity contribution in [2.45, 2.75) is 6.92 Å². The van der Waals surface area contributed by atoms with Crippen molar-refractivity contribution in [3.8, 4) is 22.5 Å². The first kappa shape index (κ1) is 18.3. The van der Waals surface area contributed by atoms with Gasteiger partial charge >= 0.3 is 5.97 Å². The van der Waals surface area contributed by atoms with Gasteiger partial charge in [0.25, 0.3) is 0 Å². The molecule has 0 saturated heterocycles. The van der Waals surface area contributed by atoms with E-state index in [4.69, 9.17) is 0 Å². The third kappa shape index (κ3) is 3.96. The average molecular weight is 382 g/mol. The Kier molecular flexibility index (Phi) is 4.99. The average Bonchev–Trinajstić information content (AvgIpc) is 3.18. The second-order valence-corrected chi connectivity index (χ2v) is 6.54. The minimum atomic E-state index is -1.04. The maximum atomic E-state index is 11.5. The molecule has 6 nitrogen and oxygen atoms in total. The summed E-state index contributed by atoms with van der Waals surface area (Å²) in [6.45, 7) is 1.83. The van der Waals surface area contributed by atoms with Gasteiger partial charge in [0.05, 0.1) is 17.0 Å². The second-order valence-electron chi connectivity index (χ2n) is 6.54. The molecule has 4 aromatic rings. The highest BCUT2D eigenvalue weighted by Crippen LogP contribution is 2.32. The molecule has 0 amide bonds. The maximum absolute atomic E-state index is 11.5. The molecule has 0 aliphatic heterocycles. The van der Waals surface area contributed by atoms with Crippen LogP contribution in [0.15, 0.2) is 89.1 Å². The highest BCUT2D eigenvalue weighted by Gasteiger charge is 2.14. The number of imidazole rings is 1. The van der Waals surface area contributed by atoms with Crippen LogP contribution in [0, 0.1) is 6.92 Å². The van der Waals surface area contributed by atoms with Crippen molar-refractivity contribution in [3.05, 3.63) is 90.0 Å². The number of aromatic carboxylic acids is 1. The molecule has 2 N–H and O–H groups in total. The molecule has 0 aliphatic carbocycles. The van der Waals surface area contributed by atoms with E-state index in [-0.39, 0.29) is 11.3 Å². The van der Waals surface area contributed by atoms with Gasteiger partial charge in [-0.15, -0.1) is 10.2 Å². The largest absolute Gasteiger partial charge is 0.478 e. The Balaban J connectivity index is 1.77. The first-order chi connectivity index (χ1) is 14.1. The monoisotopic (exact) mass is 382 g/mol. The van der Waals surface area contributed by atoms with Crippen LogP contribution in [0.25, 0.3) is 22.5 Å². The standard InChI is InChI=1S/C23H18N4O2/c1-15-12-13-19(18(14-15)22(28)29)26-27-23-24-20(16-8-4-2-5-9-16)21(25-23)17-10-6-3-7-11-17/h2-14H,1H3,(H,24,25)(H,28,29)/b27-26+. The van der Waals surface area contributed by atoms with Crippen LogP contribution in [0.2, 0.25) is 0 Å². The fraction of sp³-hybridized carbons (Fsp3) is 0.0435. The summed E-state index contributed by atoms with van der Waals surface area (Å²) in [6.07, 6.45) is 0. The number of azo groups is 1. The second kappa shape index (κ2) is 7.90. The van der Waals surface area contributed by atoms with Crippen molar-refractivity contribution in [3.63, 3.8) is 0 Å². The molecular weight excluding hydrogens is 364 g/mol. The fourth-order valence-corrected chi connectivity index (χ4v) is 3.04. The number of aryl methyl sites for hydroxylation is 1. The van der Waals surface area contributed by atoms with Crippen molar-refractivity contribution < 1.29 is 9.90 Å². The lowest BCUT2D eigenvalue weighted by Gasteiger charge is -2.02. The summed E-state index contributed by atoms with van der Waals surface area (Å²) in [5.41, 5.74) is 4.74. The van der Waals surface area contributed by atoms with Gasteiger partial charge in [-0.05, 0) is 19.1 Å². The molecule has 29 heavy (non-hydrogen) atoms. The number of hydrogen-bond acceptors (Lipinski definition) is 4. The zero-order chi connectivity index (χ0) is 20.2. The number of carboxylic acids is 1.